The van der Waals surface area contributed by atoms with Gasteiger partial charge in [-0.3, -0.25) is 9.36 Å². The average molecular weight is 476 g/mol. The van der Waals surface area contributed by atoms with Gasteiger partial charge in [-0.15, -0.1) is 0 Å². The lowest BCUT2D eigenvalue weighted by molar-refractivity contribution is -0.125. The molecular weight excluding hydrogens is 449 g/mol. The molecule has 0 spiro atoms. The van der Waals surface area contributed by atoms with E-state index in [-0.39, 0.29) is 37.3 Å². The first kappa shape index (κ1) is 25.0. The summed E-state index contributed by atoms with van der Waals surface area (Å²) in [6, 6.07) is -0.953. The van der Waals surface area contributed by atoms with Crippen LogP contribution < -0.4 is 22.5 Å². The number of nitrogens with one attached hydrogen (secondary N) is 1. The predicted molar refractivity (Wildman–Crippen MR) is 109 cm³/mol. The number of halogens is 3. The average Bonchev–Trinajstić information content (AvgIpc) is 3.28. The molecule has 0 aliphatic carbocycles. The number of nitrogen functional groups attached to an aromatic ring is 1. The van der Waals surface area contributed by atoms with Crippen molar-refractivity contribution in [3.05, 3.63) is 12.7 Å². The molecule has 1 saturated heterocycles. The van der Waals surface area contributed by atoms with Gasteiger partial charge in [-0.1, -0.05) is 0 Å². The van der Waals surface area contributed by atoms with E-state index in [1.54, 1.807) is 0 Å². The van der Waals surface area contributed by atoms with Gasteiger partial charge in [0.25, 0.3) is 0 Å². The molecule has 0 bridgehead atoms. The molecule has 6 atom stereocenters. The monoisotopic (exact) mass is 476 g/mol. The highest BCUT2D eigenvalue weighted by Crippen LogP contribution is 2.35. The van der Waals surface area contributed by atoms with Crippen molar-refractivity contribution >= 4 is 22.9 Å². The van der Waals surface area contributed by atoms with Gasteiger partial charge in [0.2, 0.25) is 5.91 Å². The van der Waals surface area contributed by atoms with Crippen molar-refractivity contribution in [2.45, 2.75) is 56.0 Å². The Kier molecular flexibility index (Phi) is 7.69. The van der Waals surface area contributed by atoms with Crippen LogP contribution in [0.5, 0.6) is 0 Å². The minimum absolute atomic E-state index is 0.0733. The topological polar surface area (TPSA) is 200 Å². The van der Waals surface area contributed by atoms with E-state index < -0.39 is 55.1 Å². The van der Waals surface area contributed by atoms with Gasteiger partial charge >= 0.3 is 6.18 Å². The number of amides is 1. The highest BCUT2D eigenvalue weighted by atomic mass is 19.4. The Morgan fingerprint density at radius 3 is 2.64 bits per heavy atom. The lowest BCUT2D eigenvalue weighted by Gasteiger charge is -2.24. The molecule has 184 valence electrons. The zero-order valence-corrected chi connectivity index (χ0v) is 17.5. The first-order valence-electron chi connectivity index (χ1n) is 10.2. The summed E-state index contributed by atoms with van der Waals surface area (Å²) < 4.78 is 44.9. The fourth-order valence-corrected chi connectivity index (χ4v) is 3.82. The summed E-state index contributed by atoms with van der Waals surface area (Å²) in [6.45, 7) is -1.27. The molecule has 33 heavy (non-hydrogen) atoms. The molecule has 15 heteroatoms. The molecule has 3 heterocycles. The van der Waals surface area contributed by atoms with Crippen molar-refractivity contribution in [1.82, 2.24) is 24.8 Å². The molecule has 2 aromatic heterocycles. The van der Waals surface area contributed by atoms with Gasteiger partial charge < -0.3 is 37.5 Å². The number of nitrogens with zero attached hydrogens (tertiary/aromatic N) is 4. The molecular formula is C18H27F3N8O4. The van der Waals surface area contributed by atoms with E-state index in [2.05, 4.69) is 20.3 Å². The van der Waals surface area contributed by atoms with Crippen LogP contribution in [0, 0.1) is 5.92 Å². The maximum atomic E-state index is 12.5. The second-order valence-electron chi connectivity index (χ2n) is 8.06. The van der Waals surface area contributed by atoms with Gasteiger partial charge in [-0.2, -0.15) is 13.2 Å². The van der Waals surface area contributed by atoms with Crippen LogP contribution in [0.25, 0.3) is 11.2 Å². The molecule has 1 aliphatic rings. The molecule has 0 radical (unpaired) electrons. The van der Waals surface area contributed by atoms with Crippen molar-refractivity contribution in [1.29, 1.82) is 0 Å². The fraction of sp³-hybridized carbons (Fsp3) is 0.667. The number of imidazole rings is 1. The number of ether oxygens (including phenoxy) is 1. The van der Waals surface area contributed by atoms with Crippen LogP contribution in [0.15, 0.2) is 12.7 Å². The number of aliphatic hydroxyl groups excluding tert-OH is 2. The largest absolute Gasteiger partial charge is 0.401 e. The number of nitrogens with two attached hydrogens (primary N) is 3. The Morgan fingerprint density at radius 2 is 1.97 bits per heavy atom. The summed E-state index contributed by atoms with van der Waals surface area (Å²) in [5.41, 5.74) is 17.2. The smallest absolute Gasteiger partial charge is 0.388 e. The molecule has 12 nitrogen and oxygen atoms in total. The Bertz CT molecular complexity index is 958. The van der Waals surface area contributed by atoms with Crippen LogP contribution in [0.2, 0.25) is 0 Å². The zero-order valence-electron chi connectivity index (χ0n) is 17.5. The third kappa shape index (κ3) is 6.05. The number of carbonyl (C=O) groups excluding carboxylic acids is 1. The maximum Gasteiger partial charge on any atom is 0.401 e. The first-order valence-corrected chi connectivity index (χ1v) is 10.2. The van der Waals surface area contributed by atoms with E-state index in [1.165, 1.54) is 17.2 Å². The number of hydrogen-bond acceptors (Lipinski definition) is 10. The summed E-state index contributed by atoms with van der Waals surface area (Å²) in [5, 5.41) is 23.4. The standard InChI is InChI=1S/C18H27F3N8O4/c19-18(20,21)5-25-4-8(1-2-9(22)15(24)32)3-10-12(30)13(31)17(33-10)29-7-28-11-14(23)26-6-27-16(11)29/h6-10,12-13,17,25,30-31H,1-5,22H2,(H2,24,32)(H2,23,26,27)/t8-,9-,10+,12?,13-,17+/m0/s1. The van der Waals surface area contributed by atoms with Crippen molar-refractivity contribution in [2.75, 3.05) is 18.8 Å². The third-order valence-corrected chi connectivity index (χ3v) is 5.57. The zero-order chi connectivity index (χ0) is 24.3. The Balaban J connectivity index is 1.71. The van der Waals surface area contributed by atoms with E-state index >= 15 is 0 Å². The van der Waals surface area contributed by atoms with Crippen molar-refractivity contribution < 1.29 is 32.9 Å². The Labute approximate surface area is 186 Å². The van der Waals surface area contributed by atoms with E-state index in [1.807, 2.05) is 0 Å². The summed E-state index contributed by atoms with van der Waals surface area (Å²) in [7, 11) is 0. The number of primary amides is 1. The lowest BCUT2D eigenvalue weighted by Crippen LogP contribution is -2.39. The number of aromatic nitrogens is 4. The molecule has 3 rings (SSSR count). The summed E-state index contributed by atoms with van der Waals surface area (Å²) in [5.74, 6) is -1.05. The number of hydrogen-bond donors (Lipinski definition) is 6. The van der Waals surface area contributed by atoms with Crippen LogP contribution in [-0.4, -0.2) is 79.3 Å². The number of alkyl halides is 3. The van der Waals surface area contributed by atoms with E-state index in [9.17, 15) is 28.2 Å². The lowest BCUT2D eigenvalue weighted by atomic mass is 9.91. The normalized spacial score (nSPS) is 25.4. The van der Waals surface area contributed by atoms with Crippen molar-refractivity contribution in [3.63, 3.8) is 0 Å². The molecule has 0 saturated carbocycles. The van der Waals surface area contributed by atoms with E-state index in [0.717, 1.165) is 0 Å². The number of rotatable bonds is 10. The summed E-state index contributed by atoms with van der Waals surface area (Å²) in [6.07, 6.45) is -6.01. The van der Waals surface area contributed by atoms with Crippen molar-refractivity contribution in [3.8, 4) is 0 Å². The molecule has 1 unspecified atom stereocenters. The van der Waals surface area contributed by atoms with Gasteiger partial charge in [-0.25, -0.2) is 15.0 Å². The second kappa shape index (κ2) is 10.1. The summed E-state index contributed by atoms with van der Waals surface area (Å²) in [4.78, 5) is 23.2. The Hall–Kier alpha value is -2.59. The summed E-state index contributed by atoms with van der Waals surface area (Å²) >= 11 is 0. The number of aliphatic hydroxyl groups is 2. The van der Waals surface area contributed by atoms with Crippen LogP contribution in [0.1, 0.15) is 25.5 Å². The van der Waals surface area contributed by atoms with Gasteiger partial charge in [0.05, 0.1) is 25.0 Å². The molecule has 9 N–H and O–H groups in total. The molecule has 1 amide bonds. The minimum Gasteiger partial charge on any atom is -0.388 e. The SMILES string of the molecule is NC(=O)[C@@H](N)CC[C@H](CNCC(F)(F)F)C[C@H]1O[C@@H](n2cnc3c(N)ncnc32)[C@@H](O)C1O. The second-order valence-corrected chi connectivity index (χ2v) is 8.06. The van der Waals surface area contributed by atoms with Gasteiger partial charge in [-0.05, 0) is 31.7 Å². The van der Waals surface area contributed by atoms with E-state index in [0.29, 0.717) is 5.52 Å². The van der Waals surface area contributed by atoms with Crippen LogP contribution in [-0.2, 0) is 9.53 Å². The highest BCUT2D eigenvalue weighted by Gasteiger charge is 2.45. The quantitative estimate of drug-likeness (QED) is 0.241. The molecule has 0 aromatic carbocycles. The minimum atomic E-state index is -4.40. The van der Waals surface area contributed by atoms with Gasteiger partial charge in [0.15, 0.2) is 17.7 Å². The third-order valence-electron chi connectivity index (χ3n) is 5.57. The van der Waals surface area contributed by atoms with Crippen LogP contribution in [0.3, 0.4) is 0 Å². The van der Waals surface area contributed by atoms with Crippen LogP contribution >= 0.6 is 0 Å². The van der Waals surface area contributed by atoms with Crippen molar-refractivity contribution in [2.24, 2.45) is 17.4 Å². The first-order chi connectivity index (χ1) is 15.5. The van der Waals surface area contributed by atoms with Gasteiger partial charge in [0, 0.05) is 0 Å². The predicted octanol–water partition coefficient (Wildman–Crippen LogP) is -1.22. The maximum absolute atomic E-state index is 12.5. The van der Waals surface area contributed by atoms with Gasteiger partial charge in [0.1, 0.15) is 24.1 Å². The molecule has 2 aromatic rings. The number of anilines is 1. The Morgan fingerprint density at radius 1 is 1.24 bits per heavy atom. The van der Waals surface area contributed by atoms with E-state index in [4.69, 9.17) is 21.9 Å². The highest BCUT2D eigenvalue weighted by molar-refractivity contribution is 5.81. The van der Waals surface area contributed by atoms with Crippen LogP contribution in [0.4, 0.5) is 19.0 Å². The number of carbonyl (C=O) groups is 1. The molecule has 1 aliphatic heterocycles. The fourth-order valence-electron chi connectivity index (χ4n) is 3.82. The molecule has 1 fully saturated rings. The number of fused-ring (bicyclic) bond motifs is 1.